The molecule has 98 valence electrons. The zero-order valence-electron chi connectivity index (χ0n) is 11.1. The number of sulfone groups is 1. The van der Waals surface area contributed by atoms with Crippen LogP contribution in [0.5, 0.6) is 0 Å². The summed E-state index contributed by atoms with van der Waals surface area (Å²) in [6.45, 7) is 7.35. The van der Waals surface area contributed by atoms with E-state index in [9.17, 15) is 8.42 Å². The lowest BCUT2D eigenvalue weighted by atomic mass is 9.95. The second-order valence-corrected chi connectivity index (χ2v) is 6.85. The summed E-state index contributed by atoms with van der Waals surface area (Å²) in [6.07, 6.45) is 5.60. The summed E-state index contributed by atoms with van der Waals surface area (Å²) >= 11 is 0. The van der Waals surface area contributed by atoms with Crippen molar-refractivity contribution in [2.45, 2.75) is 52.5 Å². The summed E-state index contributed by atoms with van der Waals surface area (Å²) in [5.41, 5.74) is 0. The monoisotopic (exact) mass is 249 g/mol. The lowest BCUT2D eigenvalue weighted by Crippen LogP contribution is -2.37. The van der Waals surface area contributed by atoms with Gasteiger partial charge in [0.15, 0.2) is 0 Å². The number of hydrogen-bond acceptors (Lipinski definition) is 3. The van der Waals surface area contributed by atoms with Gasteiger partial charge in [-0.15, -0.1) is 0 Å². The van der Waals surface area contributed by atoms with Gasteiger partial charge in [0.1, 0.15) is 9.84 Å². The SMILES string of the molecule is CCCNC(CC(CC)CC)CS(C)(=O)=O. The Morgan fingerprint density at radius 2 is 1.69 bits per heavy atom. The van der Waals surface area contributed by atoms with Crippen LogP contribution in [0.1, 0.15) is 46.5 Å². The smallest absolute Gasteiger partial charge is 0.148 e. The maximum absolute atomic E-state index is 11.3. The first-order valence-electron chi connectivity index (χ1n) is 6.34. The molecule has 0 aliphatic carbocycles. The maximum Gasteiger partial charge on any atom is 0.148 e. The molecule has 0 aliphatic rings. The molecule has 4 heteroatoms. The van der Waals surface area contributed by atoms with Gasteiger partial charge in [0.25, 0.3) is 0 Å². The largest absolute Gasteiger partial charge is 0.313 e. The Kier molecular flexibility index (Phi) is 8.02. The predicted molar refractivity (Wildman–Crippen MR) is 70.5 cm³/mol. The van der Waals surface area contributed by atoms with Gasteiger partial charge in [-0.1, -0.05) is 33.6 Å². The molecule has 0 spiro atoms. The van der Waals surface area contributed by atoms with Crippen LogP contribution in [0.2, 0.25) is 0 Å². The minimum absolute atomic E-state index is 0.125. The molecule has 1 unspecified atom stereocenters. The second kappa shape index (κ2) is 8.07. The standard InChI is InChI=1S/C12H27NO2S/c1-5-8-13-12(10-16(4,14)15)9-11(6-2)7-3/h11-13H,5-10H2,1-4H3. The van der Waals surface area contributed by atoms with Crippen LogP contribution in [-0.4, -0.2) is 33.0 Å². The van der Waals surface area contributed by atoms with E-state index in [2.05, 4.69) is 26.1 Å². The molecule has 1 atom stereocenters. The van der Waals surface area contributed by atoms with E-state index >= 15 is 0 Å². The Bertz CT molecular complexity index is 258. The average Bonchev–Trinajstić information content (AvgIpc) is 2.20. The topological polar surface area (TPSA) is 46.2 Å². The van der Waals surface area contributed by atoms with Gasteiger partial charge >= 0.3 is 0 Å². The second-order valence-electron chi connectivity index (χ2n) is 4.66. The van der Waals surface area contributed by atoms with Crippen molar-refractivity contribution in [3.8, 4) is 0 Å². The first kappa shape index (κ1) is 15.9. The van der Waals surface area contributed by atoms with Crippen molar-refractivity contribution in [3.63, 3.8) is 0 Å². The van der Waals surface area contributed by atoms with Crippen molar-refractivity contribution in [2.75, 3.05) is 18.6 Å². The van der Waals surface area contributed by atoms with Crippen LogP contribution in [-0.2, 0) is 9.84 Å². The molecule has 0 saturated heterocycles. The molecular formula is C12H27NO2S. The van der Waals surface area contributed by atoms with E-state index in [4.69, 9.17) is 0 Å². The molecule has 0 aromatic carbocycles. The summed E-state index contributed by atoms with van der Waals surface area (Å²) in [6, 6.07) is 0.125. The van der Waals surface area contributed by atoms with Crippen molar-refractivity contribution >= 4 is 9.84 Å². The Morgan fingerprint density at radius 1 is 1.12 bits per heavy atom. The predicted octanol–water partition coefficient (Wildman–Crippen LogP) is 2.23. The van der Waals surface area contributed by atoms with Crippen molar-refractivity contribution in [2.24, 2.45) is 5.92 Å². The molecule has 0 amide bonds. The summed E-state index contributed by atoms with van der Waals surface area (Å²) in [5.74, 6) is 0.903. The Hall–Kier alpha value is -0.0900. The first-order valence-corrected chi connectivity index (χ1v) is 8.40. The quantitative estimate of drug-likeness (QED) is 0.681. The number of nitrogens with one attached hydrogen (secondary N) is 1. The van der Waals surface area contributed by atoms with Gasteiger partial charge in [0.05, 0.1) is 5.75 Å². The van der Waals surface area contributed by atoms with E-state index in [1.54, 1.807) is 0 Å². The fourth-order valence-corrected chi connectivity index (χ4v) is 2.93. The van der Waals surface area contributed by atoms with Crippen LogP contribution in [0.15, 0.2) is 0 Å². The van der Waals surface area contributed by atoms with Crippen LogP contribution in [0.4, 0.5) is 0 Å². The van der Waals surface area contributed by atoms with Crippen LogP contribution in [0, 0.1) is 5.92 Å². The highest BCUT2D eigenvalue weighted by atomic mass is 32.2. The van der Waals surface area contributed by atoms with Crippen molar-refractivity contribution < 1.29 is 8.42 Å². The van der Waals surface area contributed by atoms with Gasteiger partial charge in [-0.05, 0) is 25.3 Å². The van der Waals surface area contributed by atoms with Gasteiger partial charge in [-0.2, -0.15) is 0 Å². The molecule has 0 radical (unpaired) electrons. The van der Waals surface area contributed by atoms with Gasteiger partial charge in [0, 0.05) is 12.3 Å². The summed E-state index contributed by atoms with van der Waals surface area (Å²) in [7, 11) is -2.88. The maximum atomic E-state index is 11.3. The minimum Gasteiger partial charge on any atom is -0.313 e. The third-order valence-electron chi connectivity index (χ3n) is 2.96. The molecule has 1 N–H and O–H groups in total. The number of rotatable bonds is 9. The molecule has 0 aromatic rings. The number of hydrogen-bond donors (Lipinski definition) is 1. The third kappa shape index (κ3) is 8.11. The minimum atomic E-state index is -2.88. The molecule has 0 rings (SSSR count). The fourth-order valence-electron chi connectivity index (χ4n) is 1.95. The van der Waals surface area contributed by atoms with Gasteiger partial charge in [0.2, 0.25) is 0 Å². The summed E-state index contributed by atoms with van der Waals surface area (Å²) in [4.78, 5) is 0. The van der Waals surface area contributed by atoms with Crippen molar-refractivity contribution in [1.82, 2.24) is 5.32 Å². The zero-order chi connectivity index (χ0) is 12.6. The normalized spacial score (nSPS) is 14.3. The van der Waals surface area contributed by atoms with Gasteiger partial charge in [-0.3, -0.25) is 0 Å². The third-order valence-corrected chi connectivity index (χ3v) is 3.97. The Morgan fingerprint density at radius 3 is 2.06 bits per heavy atom. The van der Waals surface area contributed by atoms with Crippen molar-refractivity contribution in [3.05, 3.63) is 0 Å². The van der Waals surface area contributed by atoms with Crippen molar-refractivity contribution in [1.29, 1.82) is 0 Å². The average molecular weight is 249 g/mol. The highest BCUT2D eigenvalue weighted by Gasteiger charge is 2.18. The molecule has 0 aromatic heterocycles. The first-order chi connectivity index (χ1) is 7.42. The molecule has 0 heterocycles. The summed E-state index contributed by atoms with van der Waals surface area (Å²) in [5, 5.41) is 3.35. The fraction of sp³-hybridized carbons (Fsp3) is 1.00. The molecule has 3 nitrogen and oxygen atoms in total. The molecule has 0 fully saturated rings. The Labute approximate surface area is 101 Å². The highest BCUT2D eigenvalue weighted by Crippen LogP contribution is 2.15. The highest BCUT2D eigenvalue weighted by molar-refractivity contribution is 7.90. The van der Waals surface area contributed by atoms with E-state index in [1.807, 2.05) is 0 Å². The summed E-state index contributed by atoms with van der Waals surface area (Å²) < 4.78 is 22.6. The van der Waals surface area contributed by atoms with E-state index < -0.39 is 9.84 Å². The zero-order valence-corrected chi connectivity index (χ0v) is 11.9. The molecule has 0 saturated carbocycles. The molecular weight excluding hydrogens is 222 g/mol. The Balaban J connectivity index is 4.30. The van der Waals surface area contributed by atoms with Crippen LogP contribution in [0.25, 0.3) is 0 Å². The molecule has 0 aliphatic heterocycles. The van der Waals surface area contributed by atoms with Gasteiger partial charge < -0.3 is 5.32 Å². The van der Waals surface area contributed by atoms with E-state index in [1.165, 1.54) is 6.26 Å². The molecule has 0 bridgehead atoms. The molecule has 16 heavy (non-hydrogen) atoms. The van der Waals surface area contributed by atoms with E-state index in [0.717, 1.165) is 32.2 Å². The van der Waals surface area contributed by atoms with Gasteiger partial charge in [-0.25, -0.2) is 8.42 Å². The van der Waals surface area contributed by atoms with E-state index in [-0.39, 0.29) is 11.8 Å². The van der Waals surface area contributed by atoms with Crippen LogP contribution >= 0.6 is 0 Å². The lowest BCUT2D eigenvalue weighted by Gasteiger charge is -2.22. The van der Waals surface area contributed by atoms with Crippen LogP contribution in [0.3, 0.4) is 0 Å². The van der Waals surface area contributed by atoms with Crippen LogP contribution < -0.4 is 5.32 Å². The van der Waals surface area contributed by atoms with E-state index in [0.29, 0.717) is 5.92 Å². The lowest BCUT2D eigenvalue weighted by molar-refractivity contribution is 0.381.